The highest BCUT2D eigenvalue weighted by Crippen LogP contribution is 2.42. The molecule has 2 saturated carbocycles. The molecule has 0 nitrogen and oxygen atoms in total. The van der Waals surface area contributed by atoms with Crippen LogP contribution in [-0.2, 0) is 0 Å². The fourth-order valence-electron chi connectivity index (χ4n) is 3.18. The molecule has 0 aromatic heterocycles. The molecule has 0 saturated heterocycles. The first kappa shape index (κ1) is 7.64. The van der Waals surface area contributed by atoms with Crippen molar-refractivity contribution in [1.29, 1.82) is 0 Å². The first-order chi connectivity index (χ1) is 5.38. The zero-order valence-electron chi connectivity index (χ0n) is 7.68. The van der Waals surface area contributed by atoms with Gasteiger partial charge in [-0.3, -0.25) is 0 Å². The van der Waals surface area contributed by atoms with Crippen molar-refractivity contribution >= 4 is 0 Å². The Balaban J connectivity index is 2.06. The predicted molar refractivity (Wildman–Crippen MR) is 48.5 cm³/mol. The molecule has 0 aromatic carbocycles. The van der Waals surface area contributed by atoms with Crippen LogP contribution in [0.4, 0.5) is 0 Å². The van der Waals surface area contributed by atoms with Gasteiger partial charge in [-0.25, -0.2) is 0 Å². The lowest BCUT2D eigenvalue weighted by Gasteiger charge is -2.33. The third-order valence-electron chi connectivity index (χ3n) is 4.04. The second kappa shape index (κ2) is 3.16. The van der Waals surface area contributed by atoms with E-state index in [1.807, 2.05) is 0 Å². The Hall–Kier alpha value is 0. The van der Waals surface area contributed by atoms with E-state index in [1.165, 1.54) is 44.9 Å². The normalized spacial score (nSPS) is 45.0. The fourth-order valence-corrected chi connectivity index (χ4v) is 3.18. The van der Waals surface area contributed by atoms with Crippen LogP contribution in [0.15, 0.2) is 0 Å². The summed E-state index contributed by atoms with van der Waals surface area (Å²) in [6.07, 6.45) is 10.7. The molecule has 11 heavy (non-hydrogen) atoms. The van der Waals surface area contributed by atoms with E-state index in [0.29, 0.717) is 0 Å². The molecule has 2 unspecified atom stereocenters. The van der Waals surface area contributed by atoms with Crippen molar-refractivity contribution in [2.75, 3.05) is 0 Å². The topological polar surface area (TPSA) is 0 Å². The Morgan fingerprint density at radius 2 is 1.18 bits per heavy atom. The van der Waals surface area contributed by atoms with Crippen LogP contribution in [0.1, 0.15) is 51.9 Å². The quantitative estimate of drug-likeness (QED) is 0.497. The Morgan fingerprint density at radius 3 is 1.73 bits per heavy atom. The van der Waals surface area contributed by atoms with Crippen molar-refractivity contribution < 1.29 is 0 Å². The first-order valence-corrected chi connectivity index (χ1v) is 5.38. The second-order valence-corrected chi connectivity index (χ2v) is 4.59. The molecule has 2 bridgehead atoms. The van der Waals surface area contributed by atoms with Gasteiger partial charge in [0.15, 0.2) is 0 Å². The molecule has 2 fully saturated rings. The highest BCUT2D eigenvalue weighted by molar-refractivity contribution is 4.82. The van der Waals surface area contributed by atoms with E-state index >= 15 is 0 Å². The molecule has 0 heterocycles. The third-order valence-corrected chi connectivity index (χ3v) is 4.04. The van der Waals surface area contributed by atoms with Gasteiger partial charge in [-0.1, -0.05) is 51.9 Å². The molecule has 2 atom stereocenters. The summed E-state index contributed by atoms with van der Waals surface area (Å²) in [6.45, 7) is 2.50. The van der Waals surface area contributed by atoms with Gasteiger partial charge in [-0.2, -0.15) is 0 Å². The summed E-state index contributed by atoms with van der Waals surface area (Å²) in [6, 6.07) is 0. The summed E-state index contributed by atoms with van der Waals surface area (Å²) in [5, 5.41) is 0. The van der Waals surface area contributed by atoms with Crippen LogP contribution >= 0.6 is 0 Å². The zero-order chi connectivity index (χ0) is 7.68. The Labute approximate surface area is 70.4 Å². The molecule has 0 spiro atoms. The van der Waals surface area contributed by atoms with E-state index in [2.05, 4.69) is 6.92 Å². The lowest BCUT2D eigenvalue weighted by atomic mass is 9.72. The Kier molecular flexibility index (Phi) is 2.20. The molecule has 0 radical (unpaired) electrons. The van der Waals surface area contributed by atoms with Crippen LogP contribution in [0, 0.1) is 17.8 Å². The Morgan fingerprint density at radius 1 is 0.727 bits per heavy atom. The van der Waals surface area contributed by atoms with Crippen molar-refractivity contribution in [3.05, 3.63) is 0 Å². The molecule has 0 aromatic rings. The summed E-state index contributed by atoms with van der Waals surface area (Å²) in [5.41, 5.74) is 0. The fraction of sp³-hybridized carbons (Fsp3) is 1.00. The molecular weight excluding hydrogens is 132 g/mol. The molecule has 0 aliphatic heterocycles. The summed E-state index contributed by atoms with van der Waals surface area (Å²) in [7, 11) is 0. The molecular formula is C11H20. The van der Waals surface area contributed by atoms with E-state index in [1.54, 1.807) is 0 Å². The lowest BCUT2D eigenvalue weighted by molar-refractivity contribution is 0.173. The molecule has 64 valence electrons. The zero-order valence-corrected chi connectivity index (χ0v) is 7.68. The number of rotatable bonds is 0. The largest absolute Gasteiger partial charge is 0.0620 e. The molecule has 2 rings (SSSR count). The van der Waals surface area contributed by atoms with Gasteiger partial charge in [0.2, 0.25) is 0 Å². The maximum absolute atomic E-state index is 2.50. The number of hydrogen-bond donors (Lipinski definition) is 0. The number of fused-ring (bicyclic) bond motifs is 2. The molecule has 0 amide bonds. The standard InChI is InChI=1S/C11H20/c1-9-10-5-2-3-6-11(9)8-4-7-10/h9-11H,2-8H2,1H3. The highest BCUT2D eigenvalue weighted by Gasteiger charge is 2.30. The number of hydrogen-bond acceptors (Lipinski definition) is 0. The highest BCUT2D eigenvalue weighted by atomic mass is 14.4. The van der Waals surface area contributed by atoms with Crippen molar-refractivity contribution in [3.63, 3.8) is 0 Å². The minimum Gasteiger partial charge on any atom is -0.0620 e. The maximum Gasteiger partial charge on any atom is -0.0386 e. The van der Waals surface area contributed by atoms with E-state index in [9.17, 15) is 0 Å². The van der Waals surface area contributed by atoms with E-state index in [0.717, 1.165) is 17.8 Å². The van der Waals surface area contributed by atoms with E-state index < -0.39 is 0 Å². The third kappa shape index (κ3) is 1.45. The predicted octanol–water partition coefficient (Wildman–Crippen LogP) is 3.61. The lowest BCUT2D eigenvalue weighted by Crippen LogP contribution is -2.23. The molecule has 2 aliphatic carbocycles. The van der Waals surface area contributed by atoms with Crippen molar-refractivity contribution in [1.82, 2.24) is 0 Å². The van der Waals surface area contributed by atoms with Crippen molar-refractivity contribution in [2.24, 2.45) is 17.8 Å². The Bertz CT molecular complexity index is 114. The minimum atomic E-state index is 1.06. The summed E-state index contributed by atoms with van der Waals surface area (Å²) in [4.78, 5) is 0. The van der Waals surface area contributed by atoms with Crippen LogP contribution in [0.5, 0.6) is 0 Å². The van der Waals surface area contributed by atoms with E-state index in [-0.39, 0.29) is 0 Å². The van der Waals surface area contributed by atoms with Crippen molar-refractivity contribution in [3.8, 4) is 0 Å². The molecule has 0 heteroatoms. The van der Waals surface area contributed by atoms with Crippen LogP contribution in [0.25, 0.3) is 0 Å². The molecule has 0 N–H and O–H groups in total. The van der Waals surface area contributed by atoms with Gasteiger partial charge in [0.25, 0.3) is 0 Å². The van der Waals surface area contributed by atoms with Gasteiger partial charge in [-0.05, 0) is 17.8 Å². The SMILES string of the molecule is CC1C2CCCCC1CCC2. The summed E-state index contributed by atoms with van der Waals surface area (Å²) < 4.78 is 0. The van der Waals surface area contributed by atoms with Gasteiger partial charge in [0, 0.05) is 0 Å². The maximum atomic E-state index is 2.50. The average molecular weight is 152 g/mol. The van der Waals surface area contributed by atoms with Crippen LogP contribution < -0.4 is 0 Å². The molecule has 2 aliphatic rings. The minimum absolute atomic E-state index is 1.06. The summed E-state index contributed by atoms with van der Waals surface area (Å²) in [5.74, 6) is 3.28. The average Bonchev–Trinajstić information content (AvgIpc) is 2.17. The van der Waals surface area contributed by atoms with Crippen LogP contribution in [0.3, 0.4) is 0 Å². The smallest absolute Gasteiger partial charge is 0.0386 e. The van der Waals surface area contributed by atoms with Gasteiger partial charge in [0.1, 0.15) is 0 Å². The first-order valence-electron chi connectivity index (χ1n) is 5.38. The van der Waals surface area contributed by atoms with Gasteiger partial charge < -0.3 is 0 Å². The second-order valence-electron chi connectivity index (χ2n) is 4.59. The van der Waals surface area contributed by atoms with Gasteiger partial charge >= 0.3 is 0 Å². The van der Waals surface area contributed by atoms with Gasteiger partial charge in [0.05, 0.1) is 0 Å². The van der Waals surface area contributed by atoms with Crippen LogP contribution in [0.2, 0.25) is 0 Å². The monoisotopic (exact) mass is 152 g/mol. The summed E-state index contributed by atoms with van der Waals surface area (Å²) >= 11 is 0. The van der Waals surface area contributed by atoms with Crippen molar-refractivity contribution in [2.45, 2.75) is 51.9 Å². The van der Waals surface area contributed by atoms with E-state index in [4.69, 9.17) is 0 Å². The van der Waals surface area contributed by atoms with Gasteiger partial charge in [-0.15, -0.1) is 0 Å². The van der Waals surface area contributed by atoms with Crippen LogP contribution in [-0.4, -0.2) is 0 Å².